The number of anilines is 1. The van der Waals surface area contributed by atoms with Crippen LogP contribution in [0.25, 0.3) is 22.1 Å². The number of benzene rings is 3. The number of carboxylic acids is 1. The van der Waals surface area contributed by atoms with E-state index in [0.717, 1.165) is 6.07 Å². The van der Waals surface area contributed by atoms with Crippen LogP contribution in [0, 0.1) is 11.3 Å². The number of nitriles is 1. The molecule has 12 heteroatoms. The number of carbonyl (C=O) groups excluding carboxylic acids is 1. The maximum Gasteiger partial charge on any atom is 0.337 e. The molecule has 11 nitrogen and oxygen atoms in total. The fraction of sp³-hybridized carbons (Fsp3) is 0.0833. The molecule has 1 amide bonds. The van der Waals surface area contributed by atoms with Gasteiger partial charge in [0.05, 0.1) is 40.3 Å². The van der Waals surface area contributed by atoms with Gasteiger partial charge in [-0.05, 0) is 36.4 Å². The summed E-state index contributed by atoms with van der Waals surface area (Å²) in [6, 6.07) is 15.5. The molecule has 0 fully saturated rings. The molecular weight excluding hydrogens is 488 g/mol. The largest absolute Gasteiger partial charge is 0.496 e. The maximum absolute atomic E-state index is 13.1. The van der Waals surface area contributed by atoms with Gasteiger partial charge in [0.2, 0.25) is 0 Å². The summed E-state index contributed by atoms with van der Waals surface area (Å²) in [4.78, 5) is 24.7. The first-order chi connectivity index (χ1) is 17.2. The van der Waals surface area contributed by atoms with E-state index in [1.165, 1.54) is 38.4 Å². The summed E-state index contributed by atoms with van der Waals surface area (Å²) < 4.78 is 34.8. The Morgan fingerprint density at radius 1 is 1.11 bits per heavy atom. The fourth-order valence-corrected chi connectivity index (χ4v) is 4.61. The quantitative estimate of drug-likeness (QED) is 0.237. The number of aromatic nitrogens is 1. The number of fused-ring (bicyclic) bond motifs is 1. The topological polar surface area (TPSA) is 178 Å². The zero-order chi connectivity index (χ0) is 26.0. The molecule has 0 aliphatic rings. The molecule has 184 valence electrons. The normalized spacial score (nSPS) is 11.6. The van der Waals surface area contributed by atoms with Crippen LogP contribution in [0.5, 0.6) is 5.75 Å². The fourth-order valence-electron chi connectivity index (χ4n) is 3.63. The summed E-state index contributed by atoms with van der Waals surface area (Å²) in [5, 5.41) is 25.0. The number of nitrogens with one attached hydrogen (secondary N) is 2. The van der Waals surface area contributed by atoms with E-state index < -0.39 is 22.7 Å². The lowest BCUT2D eigenvalue weighted by molar-refractivity contribution is 0.0698. The highest BCUT2D eigenvalue weighted by Gasteiger charge is 2.26. The van der Waals surface area contributed by atoms with E-state index in [2.05, 4.69) is 15.2 Å². The van der Waals surface area contributed by atoms with Crippen LogP contribution in [0.1, 0.15) is 26.4 Å². The van der Waals surface area contributed by atoms with Crippen molar-refractivity contribution in [1.29, 1.82) is 5.26 Å². The van der Waals surface area contributed by atoms with Gasteiger partial charge in [0, 0.05) is 18.2 Å². The van der Waals surface area contributed by atoms with Crippen LogP contribution in [-0.2, 0) is 0 Å². The molecule has 5 N–H and O–H groups in total. The summed E-state index contributed by atoms with van der Waals surface area (Å²) in [6.45, 7) is 0. The Bertz CT molecular complexity index is 1540. The zero-order valence-electron chi connectivity index (χ0n) is 19.0. The highest BCUT2D eigenvalue weighted by atomic mass is 32.3. The molecule has 0 unspecified atom stereocenters. The van der Waals surface area contributed by atoms with Gasteiger partial charge < -0.3 is 19.7 Å². The highest BCUT2D eigenvalue weighted by Crippen LogP contribution is 2.51. The van der Waals surface area contributed by atoms with Crippen molar-refractivity contribution in [2.75, 3.05) is 19.5 Å². The highest BCUT2D eigenvalue weighted by molar-refractivity contribution is 8.22. The second-order valence-corrected chi connectivity index (χ2v) is 9.41. The smallest absolute Gasteiger partial charge is 0.337 e. The number of hydrogen-bond donors (Lipinski definition) is 5. The van der Waals surface area contributed by atoms with Gasteiger partial charge in [0.15, 0.2) is 11.3 Å². The number of ether oxygens (including phenoxy) is 1. The predicted molar refractivity (Wildman–Crippen MR) is 132 cm³/mol. The minimum atomic E-state index is -3.51. The number of methoxy groups -OCH3 is 1. The van der Waals surface area contributed by atoms with Gasteiger partial charge in [0.1, 0.15) is 5.75 Å². The number of carbonyl (C=O) groups is 2. The van der Waals surface area contributed by atoms with Gasteiger partial charge >= 0.3 is 5.97 Å². The van der Waals surface area contributed by atoms with E-state index in [9.17, 15) is 23.8 Å². The summed E-state index contributed by atoms with van der Waals surface area (Å²) in [7, 11) is -0.649. The third-order valence-electron chi connectivity index (χ3n) is 5.40. The Balaban J connectivity index is 1.84. The first-order valence-corrected chi connectivity index (χ1v) is 11.9. The summed E-state index contributed by atoms with van der Waals surface area (Å²) in [5.41, 5.74) is 0.699. The van der Waals surface area contributed by atoms with Crippen molar-refractivity contribution in [3.8, 4) is 22.9 Å². The molecule has 0 spiro atoms. The lowest BCUT2D eigenvalue weighted by atomic mass is 10.0. The molecule has 0 radical (unpaired) electrons. The first kappa shape index (κ1) is 24.7. The van der Waals surface area contributed by atoms with Crippen LogP contribution in [0.15, 0.2) is 64.0 Å². The van der Waals surface area contributed by atoms with Crippen LogP contribution >= 0.6 is 10.8 Å². The standard InChI is InChI=1S/C24H20N4O7S/c1-26-36(32,33)21-11-17-20(10-15(21)14-5-3-4-6-19(14)34-2)35-28-22(17)23(29)27-18-8-7-13(12-25)9-16(18)24(30)31/h3-11,26,32-33H,1-2H3,(H,27,29)(H,30,31). The Morgan fingerprint density at radius 3 is 2.53 bits per heavy atom. The summed E-state index contributed by atoms with van der Waals surface area (Å²) in [6.07, 6.45) is 0. The molecule has 0 aliphatic carbocycles. The molecule has 0 atom stereocenters. The number of amides is 1. The Kier molecular flexibility index (Phi) is 6.65. The minimum Gasteiger partial charge on any atom is -0.496 e. The molecule has 4 aromatic rings. The Morgan fingerprint density at radius 2 is 1.86 bits per heavy atom. The van der Waals surface area contributed by atoms with Crippen LogP contribution < -0.4 is 14.8 Å². The molecular formula is C24H20N4O7S. The summed E-state index contributed by atoms with van der Waals surface area (Å²) in [5.74, 6) is -1.65. The van der Waals surface area contributed by atoms with Crippen molar-refractivity contribution in [2.45, 2.75) is 4.90 Å². The molecule has 4 rings (SSSR count). The summed E-state index contributed by atoms with van der Waals surface area (Å²) >= 11 is 0. The predicted octanol–water partition coefficient (Wildman–Crippen LogP) is 4.57. The van der Waals surface area contributed by atoms with Crippen molar-refractivity contribution >= 4 is 39.3 Å². The number of carboxylic acid groups (broad SMARTS) is 1. The molecule has 1 heterocycles. The SMILES string of the molecule is CNS(O)(O)c1cc2c(C(=O)Nc3ccc(C#N)cc3C(=O)O)noc2cc1-c1ccccc1OC. The number of aromatic carboxylic acids is 1. The third kappa shape index (κ3) is 4.47. The molecule has 1 aromatic heterocycles. The van der Waals surface area contributed by atoms with Crippen LogP contribution in [-0.4, -0.2) is 45.4 Å². The lowest BCUT2D eigenvalue weighted by Gasteiger charge is -2.33. The van der Waals surface area contributed by atoms with Gasteiger partial charge in [-0.25, -0.2) is 9.52 Å². The molecule has 3 aromatic carbocycles. The monoisotopic (exact) mass is 508 g/mol. The number of para-hydroxylation sites is 1. The van der Waals surface area contributed by atoms with Gasteiger partial charge in [-0.3, -0.25) is 13.9 Å². The van der Waals surface area contributed by atoms with E-state index >= 15 is 0 Å². The second kappa shape index (κ2) is 9.68. The van der Waals surface area contributed by atoms with Crippen LogP contribution in [0.3, 0.4) is 0 Å². The minimum absolute atomic E-state index is 0.0481. The average molecular weight is 509 g/mol. The van der Waals surface area contributed by atoms with Gasteiger partial charge in [-0.15, -0.1) is 10.8 Å². The van der Waals surface area contributed by atoms with E-state index in [1.807, 2.05) is 6.07 Å². The van der Waals surface area contributed by atoms with Crippen molar-refractivity contribution < 1.29 is 33.1 Å². The van der Waals surface area contributed by atoms with E-state index in [0.29, 0.717) is 16.9 Å². The average Bonchev–Trinajstić information content (AvgIpc) is 3.31. The number of hydrogen-bond acceptors (Lipinski definition) is 9. The van der Waals surface area contributed by atoms with Crippen LogP contribution in [0.2, 0.25) is 0 Å². The van der Waals surface area contributed by atoms with Crippen molar-refractivity contribution in [3.63, 3.8) is 0 Å². The molecule has 0 bridgehead atoms. The Hall–Kier alpha value is -4.41. The zero-order valence-corrected chi connectivity index (χ0v) is 19.8. The van der Waals surface area contributed by atoms with E-state index in [1.54, 1.807) is 24.3 Å². The molecule has 0 aliphatic heterocycles. The van der Waals surface area contributed by atoms with Crippen molar-refractivity contribution in [2.24, 2.45) is 0 Å². The van der Waals surface area contributed by atoms with Gasteiger partial charge in [-0.1, -0.05) is 23.4 Å². The second-order valence-electron chi connectivity index (χ2n) is 7.46. The third-order valence-corrected chi connectivity index (χ3v) is 6.92. The Labute approximate surface area is 206 Å². The van der Waals surface area contributed by atoms with Crippen LogP contribution in [0.4, 0.5) is 5.69 Å². The number of rotatable bonds is 7. The van der Waals surface area contributed by atoms with E-state index in [-0.39, 0.29) is 38.4 Å². The van der Waals surface area contributed by atoms with E-state index in [4.69, 9.17) is 14.5 Å². The number of nitrogens with zero attached hydrogens (tertiary/aromatic N) is 2. The molecule has 0 saturated carbocycles. The van der Waals surface area contributed by atoms with Crippen molar-refractivity contribution in [1.82, 2.24) is 9.88 Å². The first-order valence-electron chi connectivity index (χ1n) is 10.3. The molecule has 0 saturated heterocycles. The maximum atomic E-state index is 13.1. The van der Waals surface area contributed by atoms with Gasteiger partial charge in [-0.2, -0.15) is 5.26 Å². The van der Waals surface area contributed by atoms with Crippen molar-refractivity contribution in [3.05, 3.63) is 71.4 Å². The lowest BCUT2D eigenvalue weighted by Crippen LogP contribution is -2.17. The molecule has 36 heavy (non-hydrogen) atoms. The van der Waals surface area contributed by atoms with Gasteiger partial charge in [0.25, 0.3) is 5.91 Å².